The van der Waals surface area contributed by atoms with Crippen molar-refractivity contribution in [3.05, 3.63) is 45.9 Å². The van der Waals surface area contributed by atoms with Crippen molar-refractivity contribution in [3.8, 4) is 11.5 Å². The van der Waals surface area contributed by atoms with Crippen molar-refractivity contribution in [2.75, 3.05) is 11.9 Å². The molecular weight excluding hydrogens is 307 g/mol. The third-order valence-electron chi connectivity index (χ3n) is 3.73. The van der Waals surface area contributed by atoms with Crippen molar-refractivity contribution in [1.82, 2.24) is 4.98 Å². The van der Waals surface area contributed by atoms with Crippen molar-refractivity contribution >= 4 is 40.0 Å². The normalized spacial score (nSPS) is 14.0. The number of benzene rings is 2. The largest absolute Gasteiger partial charge is 0.434 e. The van der Waals surface area contributed by atoms with E-state index in [4.69, 9.17) is 27.6 Å². The number of oxazole rings is 1. The molecule has 0 atom stereocenters. The minimum atomic E-state index is 0.485. The molecular formula is C16H12Cl2N2O. The monoisotopic (exact) mass is 318 g/mol. The van der Waals surface area contributed by atoms with Crippen LogP contribution >= 0.6 is 23.2 Å². The van der Waals surface area contributed by atoms with Gasteiger partial charge in [-0.1, -0.05) is 29.3 Å². The number of hydrogen-bond donors (Lipinski definition) is 1. The minimum Gasteiger partial charge on any atom is -0.434 e. The van der Waals surface area contributed by atoms with Gasteiger partial charge in [-0.2, -0.15) is 0 Å². The fraction of sp³-hybridized carbons (Fsp3) is 0.188. The third-order valence-corrected chi connectivity index (χ3v) is 4.23. The first-order valence-electron chi connectivity index (χ1n) is 6.84. The Bertz CT molecular complexity index is 842. The molecule has 1 aliphatic heterocycles. The van der Waals surface area contributed by atoms with Gasteiger partial charge in [-0.15, -0.1) is 0 Å². The van der Waals surface area contributed by atoms with E-state index in [0.717, 1.165) is 30.6 Å². The van der Waals surface area contributed by atoms with Gasteiger partial charge in [-0.25, -0.2) is 4.98 Å². The van der Waals surface area contributed by atoms with Gasteiger partial charge in [0.25, 0.3) is 0 Å². The summed E-state index contributed by atoms with van der Waals surface area (Å²) in [5.41, 5.74) is 4.69. The average Bonchev–Trinajstić information content (AvgIpc) is 2.90. The molecule has 4 rings (SSSR count). The van der Waals surface area contributed by atoms with Gasteiger partial charge in [0.1, 0.15) is 5.52 Å². The maximum absolute atomic E-state index is 6.18. The molecule has 21 heavy (non-hydrogen) atoms. The maximum atomic E-state index is 6.18. The van der Waals surface area contributed by atoms with Crippen LogP contribution in [0.2, 0.25) is 10.0 Å². The van der Waals surface area contributed by atoms with Crippen molar-refractivity contribution in [1.29, 1.82) is 0 Å². The Labute approximate surface area is 131 Å². The van der Waals surface area contributed by atoms with Gasteiger partial charge in [-0.05, 0) is 42.7 Å². The van der Waals surface area contributed by atoms with E-state index in [1.807, 2.05) is 12.1 Å². The lowest BCUT2D eigenvalue weighted by atomic mass is 9.97. The number of hydrogen-bond acceptors (Lipinski definition) is 3. The van der Waals surface area contributed by atoms with E-state index in [9.17, 15) is 0 Å². The van der Waals surface area contributed by atoms with Crippen LogP contribution in [-0.2, 0) is 6.42 Å². The summed E-state index contributed by atoms with van der Waals surface area (Å²) in [6.07, 6.45) is 2.13. The lowest BCUT2D eigenvalue weighted by Crippen LogP contribution is -2.12. The number of halogens is 2. The van der Waals surface area contributed by atoms with Crippen LogP contribution in [0.4, 0.5) is 5.69 Å². The van der Waals surface area contributed by atoms with E-state index >= 15 is 0 Å². The Kier molecular flexibility index (Phi) is 3.05. The molecule has 1 aromatic heterocycles. The van der Waals surface area contributed by atoms with Gasteiger partial charge in [0, 0.05) is 22.8 Å². The van der Waals surface area contributed by atoms with E-state index in [2.05, 4.69) is 16.4 Å². The number of nitrogens with one attached hydrogen (secondary N) is 1. The van der Waals surface area contributed by atoms with Crippen molar-refractivity contribution in [2.45, 2.75) is 12.8 Å². The highest BCUT2D eigenvalue weighted by atomic mass is 35.5. The molecule has 0 saturated heterocycles. The Morgan fingerprint density at radius 3 is 3.00 bits per heavy atom. The Balaban J connectivity index is 1.93. The van der Waals surface area contributed by atoms with E-state index in [0.29, 0.717) is 27.0 Å². The zero-order valence-corrected chi connectivity index (χ0v) is 12.6. The molecule has 1 N–H and O–H groups in total. The summed E-state index contributed by atoms with van der Waals surface area (Å²) < 4.78 is 5.88. The molecule has 1 aliphatic rings. The minimum absolute atomic E-state index is 0.485. The number of fused-ring (bicyclic) bond motifs is 2. The van der Waals surface area contributed by atoms with Gasteiger partial charge in [-0.3, -0.25) is 0 Å². The third kappa shape index (κ3) is 2.17. The van der Waals surface area contributed by atoms with Crippen LogP contribution < -0.4 is 5.32 Å². The number of nitrogens with zero attached hydrogens (tertiary/aromatic N) is 1. The molecule has 2 aromatic carbocycles. The molecule has 0 aliphatic carbocycles. The summed E-state index contributed by atoms with van der Waals surface area (Å²) in [6.45, 7) is 1.01. The predicted molar refractivity (Wildman–Crippen MR) is 86.3 cm³/mol. The fourth-order valence-corrected chi connectivity index (χ4v) is 3.31. The van der Waals surface area contributed by atoms with Gasteiger partial charge in [0.15, 0.2) is 5.58 Å². The first-order chi connectivity index (χ1) is 10.2. The van der Waals surface area contributed by atoms with E-state index in [1.165, 1.54) is 5.56 Å². The molecule has 3 aromatic rings. The van der Waals surface area contributed by atoms with E-state index in [-0.39, 0.29) is 0 Å². The summed E-state index contributed by atoms with van der Waals surface area (Å²) in [5.74, 6) is 0.592. The summed E-state index contributed by atoms with van der Waals surface area (Å²) in [7, 11) is 0. The lowest BCUT2D eigenvalue weighted by molar-refractivity contribution is 0.618. The summed E-state index contributed by atoms with van der Waals surface area (Å²) in [6, 6.07) is 9.57. The topological polar surface area (TPSA) is 38.1 Å². The van der Waals surface area contributed by atoms with Crippen LogP contribution in [0.25, 0.3) is 22.6 Å². The van der Waals surface area contributed by atoms with Crippen LogP contribution in [0.15, 0.2) is 34.7 Å². The molecule has 0 amide bonds. The van der Waals surface area contributed by atoms with Crippen LogP contribution in [0, 0.1) is 0 Å². The molecule has 2 heterocycles. The Morgan fingerprint density at radius 1 is 1.19 bits per heavy atom. The van der Waals surface area contributed by atoms with Crippen LogP contribution in [0.3, 0.4) is 0 Å². The van der Waals surface area contributed by atoms with Crippen LogP contribution in [-0.4, -0.2) is 11.5 Å². The number of anilines is 1. The van der Waals surface area contributed by atoms with Crippen LogP contribution in [0.1, 0.15) is 12.0 Å². The molecule has 106 valence electrons. The quantitative estimate of drug-likeness (QED) is 0.673. The maximum Gasteiger partial charge on any atom is 0.227 e. The second-order valence-corrected chi connectivity index (χ2v) is 5.96. The van der Waals surface area contributed by atoms with Crippen LogP contribution in [0.5, 0.6) is 0 Å². The summed E-state index contributed by atoms with van der Waals surface area (Å²) in [4.78, 5) is 4.55. The number of rotatable bonds is 1. The first-order valence-corrected chi connectivity index (χ1v) is 7.60. The van der Waals surface area contributed by atoms with Gasteiger partial charge < -0.3 is 9.73 Å². The zero-order valence-electron chi connectivity index (χ0n) is 11.1. The highest BCUT2D eigenvalue weighted by Crippen LogP contribution is 2.36. The predicted octanol–water partition coefficient (Wildman–Crippen LogP) is 5.16. The molecule has 0 fully saturated rings. The van der Waals surface area contributed by atoms with Gasteiger partial charge in [0.2, 0.25) is 5.89 Å². The Morgan fingerprint density at radius 2 is 2.10 bits per heavy atom. The summed E-state index contributed by atoms with van der Waals surface area (Å²) in [5, 5.41) is 4.46. The lowest BCUT2D eigenvalue weighted by Gasteiger charge is -2.19. The molecule has 0 radical (unpaired) electrons. The van der Waals surface area contributed by atoms with Crippen molar-refractivity contribution < 1.29 is 4.42 Å². The number of aromatic nitrogens is 1. The second-order valence-electron chi connectivity index (χ2n) is 5.12. The van der Waals surface area contributed by atoms with Gasteiger partial charge >= 0.3 is 0 Å². The molecule has 0 unspecified atom stereocenters. The SMILES string of the molecule is Clc1cc(Cl)c2oc(-c3cccc4c3CCCN4)nc2c1. The van der Waals surface area contributed by atoms with E-state index in [1.54, 1.807) is 12.1 Å². The smallest absolute Gasteiger partial charge is 0.227 e. The molecule has 5 heteroatoms. The van der Waals surface area contributed by atoms with Gasteiger partial charge in [0.05, 0.1) is 5.02 Å². The fourth-order valence-electron chi connectivity index (χ4n) is 2.79. The molecule has 0 spiro atoms. The first kappa shape index (κ1) is 13.0. The zero-order chi connectivity index (χ0) is 14.4. The molecule has 0 saturated carbocycles. The van der Waals surface area contributed by atoms with Crippen molar-refractivity contribution in [3.63, 3.8) is 0 Å². The highest BCUT2D eigenvalue weighted by molar-refractivity contribution is 6.38. The summed E-state index contributed by atoms with van der Waals surface area (Å²) >= 11 is 12.2. The van der Waals surface area contributed by atoms with Crippen molar-refractivity contribution in [2.24, 2.45) is 0 Å². The highest BCUT2D eigenvalue weighted by Gasteiger charge is 2.18. The van der Waals surface area contributed by atoms with E-state index < -0.39 is 0 Å². The standard InChI is InChI=1S/C16H12Cl2N2O/c17-9-7-12(18)15-14(8-9)20-16(21-15)11-3-1-5-13-10(11)4-2-6-19-13/h1,3,5,7-8,19H,2,4,6H2. The second kappa shape index (κ2) is 4.93. The Hall–Kier alpha value is -1.71. The molecule has 0 bridgehead atoms. The average molecular weight is 319 g/mol. The molecule has 3 nitrogen and oxygen atoms in total.